The molecule has 34 heavy (non-hydrogen) atoms. The number of nitrogens with one attached hydrogen (secondary N) is 1. The molecule has 4 rings (SSSR count). The molecule has 0 aliphatic carbocycles. The lowest BCUT2D eigenvalue weighted by atomic mass is 9.94. The number of benzene rings is 2. The number of carbonyl (C=O) groups excluding carboxylic acids is 1. The van der Waals surface area contributed by atoms with Crippen LogP contribution in [0.2, 0.25) is 0 Å². The fourth-order valence-electron chi connectivity index (χ4n) is 3.94. The first kappa shape index (κ1) is 22.7. The predicted octanol–water partition coefficient (Wildman–Crippen LogP) is 3.76. The molecule has 7 nitrogen and oxygen atoms in total. The van der Waals surface area contributed by atoms with Crippen LogP contribution >= 0.6 is 0 Å². The molecule has 3 N–H and O–H groups in total. The standard InChI is InChI=1S/C26H23FN6O/c1-33-23(12-14-31-33)24(25(29)34)21-9-10-22(20-8-3-2-6-18(20)16-28)32-26(21)30-13-11-17-5-4-7-19(27)15-17/h2-10,12,14-15,24H,11,13H2,1H3,(H2,29,34)(H,30,32). The number of aryl methyl sites for hydroxylation is 1. The van der Waals surface area contributed by atoms with Gasteiger partial charge in [0.05, 0.1) is 23.0 Å². The van der Waals surface area contributed by atoms with Gasteiger partial charge in [-0.1, -0.05) is 36.4 Å². The topological polar surface area (TPSA) is 110 Å². The minimum Gasteiger partial charge on any atom is -0.369 e. The van der Waals surface area contributed by atoms with E-state index < -0.39 is 11.8 Å². The smallest absolute Gasteiger partial charge is 0.231 e. The van der Waals surface area contributed by atoms with Crippen LogP contribution in [0.25, 0.3) is 11.3 Å². The SMILES string of the molecule is Cn1nccc1C(C(N)=O)c1ccc(-c2ccccc2C#N)nc1NCCc1cccc(F)c1. The van der Waals surface area contributed by atoms with E-state index in [4.69, 9.17) is 10.7 Å². The van der Waals surface area contributed by atoms with Crippen molar-refractivity contribution in [2.24, 2.45) is 12.8 Å². The van der Waals surface area contributed by atoms with Crippen LogP contribution in [-0.4, -0.2) is 27.2 Å². The van der Waals surface area contributed by atoms with Crippen molar-refractivity contribution in [1.29, 1.82) is 5.26 Å². The number of halogens is 1. The first-order valence-corrected chi connectivity index (χ1v) is 10.7. The van der Waals surface area contributed by atoms with Gasteiger partial charge in [-0.05, 0) is 42.3 Å². The summed E-state index contributed by atoms with van der Waals surface area (Å²) in [4.78, 5) is 17.3. The Labute approximate surface area is 196 Å². The summed E-state index contributed by atoms with van der Waals surface area (Å²) in [6.45, 7) is 0.448. The third-order valence-electron chi connectivity index (χ3n) is 5.60. The number of pyridine rings is 1. The number of aromatic nitrogens is 3. The molecule has 0 fully saturated rings. The summed E-state index contributed by atoms with van der Waals surface area (Å²) >= 11 is 0. The Kier molecular flexibility index (Phi) is 6.64. The Morgan fingerprint density at radius 3 is 2.71 bits per heavy atom. The van der Waals surface area contributed by atoms with Gasteiger partial charge in [-0.25, -0.2) is 9.37 Å². The Bertz CT molecular complexity index is 1370. The third kappa shape index (κ3) is 4.79. The molecular weight excluding hydrogens is 431 g/mol. The van der Waals surface area contributed by atoms with Gasteiger partial charge < -0.3 is 11.1 Å². The molecule has 170 valence electrons. The zero-order valence-corrected chi connectivity index (χ0v) is 18.6. The van der Waals surface area contributed by atoms with Crippen molar-refractivity contribution in [3.8, 4) is 17.3 Å². The van der Waals surface area contributed by atoms with Crippen LogP contribution in [0.4, 0.5) is 10.2 Å². The molecular formula is C26H23FN6O. The number of hydrogen-bond donors (Lipinski definition) is 2. The molecule has 0 bridgehead atoms. The van der Waals surface area contributed by atoms with E-state index in [1.807, 2.05) is 18.2 Å². The quantitative estimate of drug-likeness (QED) is 0.421. The summed E-state index contributed by atoms with van der Waals surface area (Å²) in [7, 11) is 1.74. The van der Waals surface area contributed by atoms with Crippen molar-refractivity contribution in [3.05, 3.63) is 101 Å². The van der Waals surface area contributed by atoms with Crippen LogP contribution in [0.3, 0.4) is 0 Å². The lowest BCUT2D eigenvalue weighted by molar-refractivity contribution is -0.118. The van der Waals surface area contributed by atoms with E-state index in [2.05, 4.69) is 16.5 Å². The average Bonchev–Trinajstić information content (AvgIpc) is 3.25. The van der Waals surface area contributed by atoms with Crippen LogP contribution in [0.15, 0.2) is 72.9 Å². The molecule has 2 aromatic heterocycles. The summed E-state index contributed by atoms with van der Waals surface area (Å²) in [5.74, 6) is -1.15. The van der Waals surface area contributed by atoms with Crippen molar-refractivity contribution in [1.82, 2.24) is 14.8 Å². The van der Waals surface area contributed by atoms with Gasteiger partial charge in [0.25, 0.3) is 0 Å². The highest BCUT2D eigenvalue weighted by molar-refractivity contribution is 5.87. The molecule has 1 unspecified atom stereocenters. The summed E-state index contributed by atoms with van der Waals surface area (Å²) < 4.78 is 15.2. The summed E-state index contributed by atoms with van der Waals surface area (Å²) in [6.07, 6.45) is 2.15. The Morgan fingerprint density at radius 2 is 2.00 bits per heavy atom. The van der Waals surface area contributed by atoms with E-state index in [-0.39, 0.29) is 5.82 Å². The first-order valence-electron chi connectivity index (χ1n) is 10.7. The Morgan fingerprint density at radius 1 is 1.18 bits per heavy atom. The second-order valence-corrected chi connectivity index (χ2v) is 7.81. The van der Waals surface area contributed by atoms with Gasteiger partial charge in [0.15, 0.2) is 0 Å². The largest absolute Gasteiger partial charge is 0.369 e. The lowest BCUT2D eigenvalue weighted by Crippen LogP contribution is -2.26. The maximum absolute atomic E-state index is 13.6. The van der Waals surface area contributed by atoms with Gasteiger partial charge in [-0.2, -0.15) is 10.4 Å². The molecule has 1 atom stereocenters. The number of anilines is 1. The van der Waals surface area contributed by atoms with Gasteiger partial charge in [0.2, 0.25) is 5.91 Å². The van der Waals surface area contributed by atoms with E-state index >= 15 is 0 Å². The predicted molar refractivity (Wildman–Crippen MR) is 127 cm³/mol. The highest BCUT2D eigenvalue weighted by Crippen LogP contribution is 2.32. The van der Waals surface area contributed by atoms with Gasteiger partial charge in [0.1, 0.15) is 17.6 Å². The fourth-order valence-corrected chi connectivity index (χ4v) is 3.94. The van der Waals surface area contributed by atoms with Crippen LogP contribution in [-0.2, 0) is 18.3 Å². The fraction of sp³-hybridized carbons (Fsp3) is 0.154. The van der Waals surface area contributed by atoms with Crippen LogP contribution in [0.5, 0.6) is 0 Å². The minimum atomic E-state index is -0.781. The molecule has 0 spiro atoms. The second kappa shape index (κ2) is 9.96. The second-order valence-electron chi connectivity index (χ2n) is 7.81. The van der Waals surface area contributed by atoms with Gasteiger partial charge in [-0.3, -0.25) is 9.48 Å². The van der Waals surface area contributed by atoms with Gasteiger partial charge >= 0.3 is 0 Å². The molecule has 4 aromatic rings. The number of nitrogens with zero attached hydrogens (tertiary/aromatic N) is 4. The van der Waals surface area contributed by atoms with Crippen molar-refractivity contribution >= 4 is 11.7 Å². The highest BCUT2D eigenvalue weighted by atomic mass is 19.1. The molecule has 0 radical (unpaired) electrons. The minimum absolute atomic E-state index is 0.295. The molecule has 2 aromatic carbocycles. The molecule has 1 amide bonds. The molecule has 2 heterocycles. The third-order valence-corrected chi connectivity index (χ3v) is 5.60. The van der Waals surface area contributed by atoms with Crippen LogP contribution < -0.4 is 11.1 Å². The van der Waals surface area contributed by atoms with Crippen molar-refractivity contribution in [2.75, 3.05) is 11.9 Å². The van der Waals surface area contributed by atoms with Gasteiger partial charge in [0, 0.05) is 30.9 Å². The van der Waals surface area contributed by atoms with Crippen LogP contribution in [0, 0.1) is 17.1 Å². The van der Waals surface area contributed by atoms with Crippen molar-refractivity contribution in [3.63, 3.8) is 0 Å². The summed E-state index contributed by atoms with van der Waals surface area (Å²) in [6, 6.07) is 21.1. The number of hydrogen-bond acceptors (Lipinski definition) is 5. The van der Waals surface area contributed by atoms with E-state index in [0.717, 1.165) is 5.56 Å². The van der Waals surface area contributed by atoms with E-state index in [1.54, 1.807) is 54.3 Å². The zero-order valence-electron chi connectivity index (χ0n) is 18.6. The average molecular weight is 455 g/mol. The maximum atomic E-state index is 13.6. The first-order chi connectivity index (χ1) is 16.5. The van der Waals surface area contributed by atoms with E-state index in [0.29, 0.717) is 46.9 Å². The van der Waals surface area contributed by atoms with E-state index in [9.17, 15) is 14.4 Å². The van der Waals surface area contributed by atoms with Crippen molar-refractivity contribution in [2.45, 2.75) is 12.3 Å². The van der Waals surface area contributed by atoms with Gasteiger partial charge in [-0.15, -0.1) is 0 Å². The number of primary amides is 1. The lowest BCUT2D eigenvalue weighted by Gasteiger charge is -2.19. The maximum Gasteiger partial charge on any atom is 0.231 e. The molecule has 8 heteroatoms. The summed E-state index contributed by atoms with van der Waals surface area (Å²) in [5.41, 5.74) is 9.62. The Balaban J connectivity index is 1.74. The van der Waals surface area contributed by atoms with Crippen molar-refractivity contribution < 1.29 is 9.18 Å². The number of nitriles is 1. The Hall–Kier alpha value is -4.51. The molecule has 0 aliphatic rings. The number of nitrogens with two attached hydrogens (primary N) is 1. The number of amides is 1. The highest BCUT2D eigenvalue weighted by Gasteiger charge is 2.27. The van der Waals surface area contributed by atoms with Crippen LogP contribution in [0.1, 0.15) is 28.3 Å². The molecule has 0 saturated heterocycles. The number of rotatable bonds is 8. The zero-order chi connectivity index (χ0) is 24.1. The molecule has 0 saturated carbocycles. The molecule has 0 aliphatic heterocycles. The van der Waals surface area contributed by atoms with E-state index in [1.165, 1.54) is 12.1 Å². The normalized spacial score (nSPS) is 11.6. The summed E-state index contributed by atoms with van der Waals surface area (Å²) in [5, 5.41) is 17.0. The monoisotopic (exact) mass is 454 g/mol. The number of carbonyl (C=O) groups is 1.